The molecule has 0 atom stereocenters. The Morgan fingerprint density at radius 2 is 2.14 bits per heavy atom. The molecule has 1 heterocycles. The Hall–Kier alpha value is -2.42. The van der Waals surface area contributed by atoms with Crippen molar-refractivity contribution < 1.29 is 32.3 Å². The van der Waals surface area contributed by atoms with E-state index in [-0.39, 0.29) is 23.9 Å². The standard InChI is InChI=1S/C12H9F3N2O4/c13-12(14,15)8-3-1-2-7(4-8)11-16-9(21-17-11)5-20-6-10(18)19/h1-4H,5-6H2,(H,18,19). The number of carbonyl (C=O) groups is 1. The summed E-state index contributed by atoms with van der Waals surface area (Å²) in [6, 6.07) is 4.46. The SMILES string of the molecule is O=C(O)COCc1nc(-c2cccc(C(F)(F)F)c2)no1. The number of carboxylic acids is 1. The molecule has 1 aromatic carbocycles. The second-order valence-electron chi connectivity index (χ2n) is 3.98. The van der Waals surface area contributed by atoms with Crippen LogP contribution in [0, 0.1) is 0 Å². The summed E-state index contributed by atoms with van der Waals surface area (Å²) in [5, 5.41) is 11.9. The summed E-state index contributed by atoms with van der Waals surface area (Å²) >= 11 is 0. The van der Waals surface area contributed by atoms with E-state index in [1.54, 1.807) is 0 Å². The topological polar surface area (TPSA) is 85.5 Å². The van der Waals surface area contributed by atoms with Crippen molar-refractivity contribution in [1.29, 1.82) is 0 Å². The highest BCUT2D eigenvalue weighted by molar-refractivity contribution is 5.67. The van der Waals surface area contributed by atoms with Crippen molar-refractivity contribution in [2.45, 2.75) is 12.8 Å². The second kappa shape index (κ2) is 5.92. The molecule has 0 saturated carbocycles. The van der Waals surface area contributed by atoms with E-state index in [4.69, 9.17) is 14.4 Å². The summed E-state index contributed by atoms with van der Waals surface area (Å²) in [5.41, 5.74) is -0.688. The molecule has 0 aliphatic carbocycles. The molecule has 0 bridgehead atoms. The van der Waals surface area contributed by atoms with Crippen molar-refractivity contribution >= 4 is 5.97 Å². The summed E-state index contributed by atoms with van der Waals surface area (Å²) in [6.45, 7) is -0.778. The zero-order chi connectivity index (χ0) is 15.5. The van der Waals surface area contributed by atoms with Gasteiger partial charge in [-0.1, -0.05) is 17.3 Å². The monoisotopic (exact) mass is 302 g/mol. The number of rotatable bonds is 5. The molecule has 2 rings (SSSR count). The summed E-state index contributed by atoms with van der Waals surface area (Å²) in [5.74, 6) is -1.22. The van der Waals surface area contributed by atoms with E-state index in [1.165, 1.54) is 12.1 Å². The zero-order valence-electron chi connectivity index (χ0n) is 10.4. The Morgan fingerprint density at radius 3 is 2.81 bits per heavy atom. The minimum atomic E-state index is -4.47. The van der Waals surface area contributed by atoms with Gasteiger partial charge in [-0.15, -0.1) is 0 Å². The lowest BCUT2D eigenvalue weighted by Gasteiger charge is -2.06. The molecule has 9 heteroatoms. The number of hydrogen-bond donors (Lipinski definition) is 1. The van der Waals surface area contributed by atoms with Crippen LogP contribution in [0.5, 0.6) is 0 Å². The molecule has 0 aliphatic rings. The first-order valence-electron chi connectivity index (χ1n) is 5.66. The van der Waals surface area contributed by atoms with E-state index >= 15 is 0 Å². The van der Waals surface area contributed by atoms with Crippen LogP contribution in [0.15, 0.2) is 28.8 Å². The fourth-order valence-electron chi connectivity index (χ4n) is 1.49. The first kappa shape index (κ1) is 15.0. The number of nitrogens with zero attached hydrogens (tertiary/aromatic N) is 2. The van der Waals surface area contributed by atoms with Crippen molar-refractivity contribution in [3.8, 4) is 11.4 Å². The maximum absolute atomic E-state index is 12.6. The van der Waals surface area contributed by atoms with Gasteiger partial charge in [0.05, 0.1) is 5.56 Å². The van der Waals surface area contributed by atoms with E-state index in [0.717, 1.165) is 12.1 Å². The lowest BCUT2D eigenvalue weighted by molar-refractivity contribution is -0.143. The normalized spacial score (nSPS) is 11.6. The van der Waals surface area contributed by atoms with Crippen LogP contribution in [0.2, 0.25) is 0 Å². The number of carboxylic acid groups (broad SMARTS) is 1. The van der Waals surface area contributed by atoms with Crippen LogP contribution in [-0.2, 0) is 22.3 Å². The van der Waals surface area contributed by atoms with Gasteiger partial charge in [0.1, 0.15) is 13.2 Å². The molecule has 1 N–H and O–H groups in total. The average molecular weight is 302 g/mol. The molecule has 0 amide bonds. The van der Waals surface area contributed by atoms with Crippen molar-refractivity contribution in [2.75, 3.05) is 6.61 Å². The summed E-state index contributed by atoms with van der Waals surface area (Å²) in [4.78, 5) is 14.1. The van der Waals surface area contributed by atoms with Gasteiger partial charge in [0.15, 0.2) is 0 Å². The molecule has 21 heavy (non-hydrogen) atoms. The molecular weight excluding hydrogens is 293 g/mol. The first-order valence-corrected chi connectivity index (χ1v) is 5.66. The molecule has 112 valence electrons. The molecule has 0 radical (unpaired) electrons. The number of ether oxygens (including phenoxy) is 1. The van der Waals surface area contributed by atoms with Crippen LogP contribution in [-0.4, -0.2) is 27.8 Å². The van der Waals surface area contributed by atoms with Gasteiger partial charge in [-0.25, -0.2) is 4.79 Å². The maximum atomic E-state index is 12.6. The van der Waals surface area contributed by atoms with Crippen LogP contribution in [0.3, 0.4) is 0 Å². The smallest absolute Gasteiger partial charge is 0.416 e. The minimum absolute atomic E-state index is 0.0244. The predicted octanol–water partition coefficient (Wildman–Crippen LogP) is 2.36. The predicted molar refractivity (Wildman–Crippen MR) is 62.0 cm³/mol. The van der Waals surface area contributed by atoms with E-state index in [0.29, 0.717) is 0 Å². The Morgan fingerprint density at radius 1 is 1.38 bits per heavy atom. The molecule has 0 fully saturated rings. The molecular formula is C12H9F3N2O4. The van der Waals surface area contributed by atoms with E-state index in [1.807, 2.05) is 0 Å². The Balaban J connectivity index is 2.12. The van der Waals surface area contributed by atoms with Gasteiger partial charge in [0.2, 0.25) is 5.82 Å². The first-order chi connectivity index (χ1) is 9.86. The number of alkyl halides is 3. The van der Waals surface area contributed by atoms with Crippen LogP contribution >= 0.6 is 0 Å². The highest BCUT2D eigenvalue weighted by atomic mass is 19.4. The third-order valence-corrected chi connectivity index (χ3v) is 2.37. The van der Waals surface area contributed by atoms with Crippen LogP contribution in [0.1, 0.15) is 11.5 Å². The van der Waals surface area contributed by atoms with Crippen molar-refractivity contribution in [3.63, 3.8) is 0 Å². The summed E-state index contributed by atoms with van der Waals surface area (Å²) in [6.07, 6.45) is -4.47. The second-order valence-corrected chi connectivity index (χ2v) is 3.98. The molecule has 0 unspecified atom stereocenters. The van der Waals surface area contributed by atoms with Crippen molar-refractivity contribution in [3.05, 3.63) is 35.7 Å². The third-order valence-electron chi connectivity index (χ3n) is 2.37. The number of hydrogen-bond acceptors (Lipinski definition) is 5. The van der Waals surface area contributed by atoms with Gasteiger partial charge in [-0.2, -0.15) is 18.2 Å². The molecule has 0 aliphatic heterocycles. The van der Waals surface area contributed by atoms with E-state index < -0.39 is 24.3 Å². The van der Waals surface area contributed by atoms with Crippen LogP contribution in [0.4, 0.5) is 13.2 Å². The molecule has 1 aromatic heterocycles. The fraction of sp³-hybridized carbons (Fsp3) is 0.250. The summed E-state index contributed by atoms with van der Waals surface area (Å²) in [7, 11) is 0. The van der Waals surface area contributed by atoms with Crippen molar-refractivity contribution in [1.82, 2.24) is 10.1 Å². The largest absolute Gasteiger partial charge is 0.480 e. The lowest BCUT2D eigenvalue weighted by Crippen LogP contribution is -2.06. The quantitative estimate of drug-likeness (QED) is 0.912. The Labute approximate surface area is 116 Å². The minimum Gasteiger partial charge on any atom is -0.480 e. The van der Waals surface area contributed by atoms with E-state index in [2.05, 4.69) is 10.1 Å². The van der Waals surface area contributed by atoms with Gasteiger partial charge in [0, 0.05) is 5.56 Å². The van der Waals surface area contributed by atoms with Crippen LogP contribution < -0.4 is 0 Å². The van der Waals surface area contributed by atoms with Gasteiger partial charge < -0.3 is 14.4 Å². The van der Waals surface area contributed by atoms with Gasteiger partial charge in [0.25, 0.3) is 5.89 Å². The highest BCUT2D eigenvalue weighted by Gasteiger charge is 2.30. The molecule has 2 aromatic rings. The number of aromatic nitrogens is 2. The number of halogens is 3. The van der Waals surface area contributed by atoms with Gasteiger partial charge in [-0.05, 0) is 12.1 Å². The average Bonchev–Trinajstić information content (AvgIpc) is 2.86. The van der Waals surface area contributed by atoms with E-state index in [9.17, 15) is 18.0 Å². The Bertz CT molecular complexity index is 639. The van der Waals surface area contributed by atoms with Crippen molar-refractivity contribution in [2.24, 2.45) is 0 Å². The maximum Gasteiger partial charge on any atom is 0.416 e. The Kier molecular flexibility index (Phi) is 4.22. The lowest BCUT2D eigenvalue weighted by atomic mass is 10.1. The zero-order valence-corrected chi connectivity index (χ0v) is 10.4. The molecule has 0 spiro atoms. The fourth-order valence-corrected chi connectivity index (χ4v) is 1.49. The van der Waals surface area contributed by atoms with Gasteiger partial charge in [-0.3, -0.25) is 0 Å². The molecule has 6 nitrogen and oxygen atoms in total. The number of benzene rings is 1. The molecule has 0 saturated heterocycles. The van der Waals surface area contributed by atoms with Crippen LogP contribution in [0.25, 0.3) is 11.4 Å². The third kappa shape index (κ3) is 4.02. The highest BCUT2D eigenvalue weighted by Crippen LogP contribution is 2.31. The summed E-state index contributed by atoms with van der Waals surface area (Å²) < 4.78 is 47.3. The van der Waals surface area contributed by atoms with Gasteiger partial charge >= 0.3 is 12.1 Å². The number of aliphatic carboxylic acids is 1.